The first-order valence-corrected chi connectivity index (χ1v) is 9.37. The number of hydrogen-bond donors (Lipinski definition) is 3. The summed E-state index contributed by atoms with van der Waals surface area (Å²) in [5, 5.41) is 33.1. The SMILES string of the molecule is C=C1C(=O)C23[C@H](O)C[C@@H]4C(C)(C)CC[C@H](O)[C@@]4(C)[C@@H]2CCC1[C@@H]3O. The van der Waals surface area contributed by atoms with Gasteiger partial charge in [-0.15, -0.1) is 0 Å². The lowest BCUT2D eigenvalue weighted by molar-refractivity contribution is -0.251. The van der Waals surface area contributed by atoms with E-state index in [0.717, 1.165) is 25.7 Å². The van der Waals surface area contributed by atoms with Crippen LogP contribution in [0.25, 0.3) is 0 Å². The Morgan fingerprint density at radius 1 is 1.00 bits per heavy atom. The molecule has 4 rings (SSSR count). The minimum Gasteiger partial charge on any atom is -0.393 e. The van der Waals surface area contributed by atoms with Gasteiger partial charge in [-0.3, -0.25) is 4.79 Å². The van der Waals surface area contributed by atoms with Crippen LogP contribution in [0.3, 0.4) is 0 Å². The third-order valence-corrected chi connectivity index (χ3v) is 8.58. The molecule has 4 aliphatic carbocycles. The first-order valence-electron chi connectivity index (χ1n) is 9.37. The fourth-order valence-corrected chi connectivity index (χ4v) is 7.33. The minimum atomic E-state index is -1.15. The molecule has 2 unspecified atom stereocenters. The van der Waals surface area contributed by atoms with Gasteiger partial charge >= 0.3 is 0 Å². The summed E-state index contributed by atoms with van der Waals surface area (Å²) in [5.41, 5.74) is -1.11. The molecule has 0 aromatic rings. The summed E-state index contributed by atoms with van der Waals surface area (Å²) >= 11 is 0. The Labute approximate surface area is 144 Å². The number of ketones is 1. The fourth-order valence-electron chi connectivity index (χ4n) is 7.33. The van der Waals surface area contributed by atoms with Crippen LogP contribution in [0.5, 0.6) is 0 Å². The zero-order valence-corrected chi connectivity index (χ0v) is 15.0. The summed E-state index contributed by atoms with van der Waals surface area (Å²) in [7, 11) is 0. The van der Waals surface area contributed by atoms with E-state index in [1.807, 2.05) is 0 Å². The second kappa shape index (κ2) is 4.72. The van der Waals surface area contributed by atoms with Gasteiger partial charge in [0.1, 0.15) is 0 Å². The Bertz CT molecular complexity index is 611. The van der Waals surface area contributed by atoms with Crippen molar-refractivity contribution in [1.29, 1.82) is 0 Å². The minimum absolute atomic E-state index is 0.0109. The van der Waals surface area contributed by atoms with Gasteiger partial charge in [0.2, 0.25) is 0 Å². The molecular weight excluding hydrogens is 304 g/mol. The number of carbonyl (C=O) groups excluding carboxylic acids is 1. The standard InChI is InChI=1S/C20H30O4/c1-10-11-5-6-12-19(4)13(18(2,3)8-7-14(19)21)9-15(22)20(12,16(10)23)17(11)24/h11-15,17,21-22,24H,1,5-9H2,2-4H3/t11?,12-,13+,14-,15+,17-,19-,20?/m0/s1. The summed E-state index contributed by atoms with van der Waals surface area (Å²) in [5.74, 6) is -0.418. The molecule has 0 radical (unpaired) electrons. The number of hydrogen-bond acceptors (Lipinski definition) is 4. The summed E-state index contributed by atoms with van der Waals surface area (Å²) < 4.78 is 0. The predicted octanol–water partition coefficient (Wildman–Crippen LogP) is 2.07. The second-order valence-corrected chi connectivity index (χ2v) is 9.68. The van der Waals surface area contributed by atoms with Crippen LogP contribution in [0, 0.1) is 34.0 Å². The van der Waals surface area contributed by atoms with E-state index in [2.05, 4.69) is 27.4 Å². The molecule has 8 atom stereocenters. The van der Waals surface area contributed by atoms with Crippen LogP contribution < -0.4 is 0 Å². The molecule has 0 amide bonds. The molecule has 24 heavy (non-hydrogen) atoms. The predicted molar refractivity (Wildman–Crippen MR) is 90.0 cm³/mol. The number of aliphatic hydroxyl groups is 3. The fraction of sp³-hybridized carbons (Fsp3) is 0.850. The first kappa shape index (κ1) is 16.7. The summed E-state index contributed by atoms with van der Waals surface area (Å²) in [4.78, 5) is 13.1. The van der Waals surface area contributed by atoms with Gasteiger partial charge in [-0.2, -0.15) is 0 Å². The molecule has 2 bridgehead atoms. The van der Waals surface area contributed by atoms with Crippen molar-refractivity contribution in [3.8, 4) is 0 Å². The van der Waals surface area contributed by atoms with Gasteiger partial charge in [0, 0.05) is 11.3 Å². The van der Waals surface area contributed by atoms with Crippen molar-refractivity contribution in [1.82, 2.24) is 0 Å². The van der Waals surface area contributed by atoms with Gasteiger partial charge in [-0.1, -0.05) is 27.4 Å². The van der Waals surface area contributed by atoms with Crippen LogP contribution in [0.1, 0.15) is 52.9 Å². The van der Waals surface area contributed by atoms with E-state index in [-0.39, 0.29) is 29.0 Å². The average molecular weight is 334 g/mol. The lowest BCUT2D eigenvalue weighted by Crippen LogP contribution is -2.69. The molecule has 0 aliphatic heterocycles. The van der Waals surface area contributed by atoms with E-state index in [4.69, 9.17) is 0 Å². The van der Waals surface area contributed by atoms with Gasteiger partial charge in [0.15, 0.2) is 5.78 Å². The van der Waals surface area contributed by atoms with Crippen LogP contribution in [0.15, 0.2) is 12.2 Å². The number of carbonyl (C=O) groups is 1. The van der Waals surface area contributed by atoms with Crippen molar-refractivity contribution in [2.75, 3.05) is 0 Å². The Morgan fingerprint density at radius 2 is 1.67 bits per heavy atom. The van der Waals surface area contributed by atoms with Crippen LogP contribution in [-0.4, -0.2) is 39.4 Å². The number of fused-ring (bicyclic) bond motifs is 3. The highest BCUT2D eigenvalue weighted by molar-refractivity contribution is 6.04. The maximum atomic E-state index is 13.1. The maximum Gasteiger partial charge on any atom is 0.170 e. The topological polar surface area (TPSA) is 77.8 Å². The lowest BCUT2D eigenvalue weighted by Gasteiger charge is -2.66. The van der Waals surface area contributed by atoms with Crippen molar-refractivity contribution in [2.24, 2.45) is 34.0 Å². The van der Waals surface area contributed by atoms with Gasteiger partial charge in [-0.05, 0) is 54.9 Å². The van der Waals surface area contributed by atoms with Crippen LogP contribution >= 0.6 is 0 Å². The number of aliphatic hydroxyl groups excluding tert-OH is 3. The average Bonchev–Trinajstić information content (AvgIpc) is 2.63. The highest BCUT2D eigenvalue weighted by Crippen LogP contribution is 2.70. The van der Waals surface area contributed by atoms with Crippen molar-refractivity contribution in [3.05, 3.63) is 12.2 Å². The van der Waals surface area contributed by atoms with E-state index >= 15 is 0 Å². The van der Waals surface area contributed by atoms with Crippen molar-refractivity contribution in [3.63, 3.8) is 0 Å². The monoisotopic (exact) mass is 334 g/mol. The van der Waals surface area contributed by atoms with Crippen molar-refractivity contribution < 1.29 is 20.1 Å². The Balaban J connectivity index is 1.91. The molecule has 0 saturated heterocycles. The lowest BCUT2D eigenvalue weighted by atomic mass is 9.39. The van der Waals surface area contributed by atoms with Crippen LogP contribution in [0.2, 0.25) is 0 Å². The quantitative estimate of drug-likeness (QED) is 0.593. The second-order valence-electron chi connectivity index (χ2n) is 9.68. The summed E-state index contributed by atoms with van der Waals surface area (Å²) in [6.07, 6.45) is 1.40. The van der Waals surface area contributed by atoms with Gasteiger partial charge < -0.3 is 15.3 Å². The molecule has 0 aromatic carbocycles. The van der Waals surface area contributed by atoms with E-state index in [9.17, 15) is 20.1 Å². The van der Waals surface area contributed by atoms with Crippen LogP contribution in [0.4, 0.5) is 0 Å². The van der Waals surface area contributed by atoms with Crippen molar-refractivity contribution >= 4 is 5.78 Å². The molecule has 4 aliphatic rings. The summed E-state index contributed by atoms with van der Waals surface area (Å²) in [6, 6.07) is 0. The Kier molecular flexibility index (Phi) is 3.29. The highest BCUT2D eigenvalue weighted by Gasteiger charge is 2.75. The smallest absolute Gasteiger partial charge is 0.170 e. The molecule has 4 fully saturated rings. The van der Waals surface area contributed by atoms with Gasteiger partial charge in [-0.25, -0.2) is 0 Å². The highest BCUT2D eigenvalue weighted by atomic mass is 16.3. The molecule has 0 aromatic heterocycles. The van der Waals surface area contributed by atoms with Crippen molar-refractivity contribution in [2.45, 2.75) is 71.2 Å². The number of Topliss-reactive ketones (excluding diaryl/α,β-unsaturated/α-hetero) is 1. The van der Waals surface area contributed by atoms with Crippen LogP contribution in [-0.2, 0) is 4.79 Å². The maximum absolute atomic E-state index is 13.1. The Morgan fingerprint density at radius 3 is 2.33 bits per heavy atom. The normalized spacial score (nSPS) is 55.9. The van der Waals surface area contributed by atoms with E-state index < -0.39 is 29.1 Å². The first-order chi connectivity index (χ1) is 11.1. The molecule has 4 nitrogen and oxygen atoms in total. The van der Waals surface area contributed by atoms with Gasteiger partial charge in [0.25, 0.3) is 0 Å². The van der Waals surface area contributed by atoms with Gasteiger partial charge in [0.05, 0.1) is 23.7 Å². The third kappa shape index (κ3) is 1.59. The Hall–Kier alpha value is -0.710. The van der Waals surface area contributed by atoms with E-state index in [1.165, 1.54) is 0 Å². The molecule has 134 valence electrons. The largest absolute Gasteiger partial charge is 0.393 e. The molecule has 4 saturated carbocycles. The zero-order chi connectivity index (χ0) is 17.7. The molecule has 0 heterocycles. The zero-order valence-electron chi connectivity index (χ0n) is 15.0. The van der Waals surface area contributed by atoms with E-state index in [0.29, 0.717) is 12.0 Å². The summed E-state index contributed by atoms with van der Waals surface area (Å²) in [6.45, 7) is 10.5. The molecule has 1 spiro atoms. The van der Waals surface area contributed by atoms with E-state index in [1.54, 1.807) is 0 Å². The molecule has 4 heteroatoms. The third-order valence-electron chi connectivity index (χ3n) is 8.58. The molecular formula is C20H30O4. The molecule has 3 N–H and O–H groups in total. The number of rotatable bonds is 0.